The van der Waals surface area contributed by atoms with Crippen LogP contribution in [0.15, 0.2) is 14.7 Å². The Labute approximate surface area is 113 Å². The Morgan fingerprint density at radius 1 is 1.53 bits per heavy atom. The fourth-order valence-electron chi connectivity index (χ4n) is 1.14. The van der Waals surface area contributed by atoms with E-state index in [1.165, 1.54) is 31.3 Å². The Hall–Kier alpha value is -0.440. The average molecular weight is 341 g/mol. The smallest absolute Gasteiger partial charge is 0.242 e. The van der Waals surface area contributed by atoms with Crippen LogP contribution >= 0.6 is 27.3 Å². The Kier molecular flexibility index (Phi) is 4.02. The second-order valence-corrected chi connectivity index (χ2v) is 8.35. The molecule has 8 heteroatoms. The summed E-state index contributed by atoms with van der Waals surface area (Å²) in [7, 11) is -3.74. The zero-order valence-corrected chi connectivity index (χ0v) is 12.8. The third-order valence-corrected chi connectivity index (χ3v) is 5.60. The van der Waals surface area contributed by atoms with Crippen molar-refractivity contribution >= 4 is 43.2 Å². The number of primary amides is 1. The molecule has 0 saturated heterocycles. The molecule has 1 aromatic rings. The zero-order chi connectivity index (χ0) is 13.4. The van der Waals surface area contributed by atoms with Gasteiger partial charge in [0.1, 0.15) is 5.54 Å². The third-order valence-electron chi connectivity index (χ3n) is 2.14. The van der Waals surface area contributed by atoms with Crippen LogP contribution in [0.1, 0.15) is 18.7 Å². The first kappa shape index (κ1) is 14.6. The Bertz CT molecular complexity index is 549. The fourth-order valence-corrected chi connectivity index (χ4v) is 4.94. The number of halogens is 1. The summed E-state index contributed by atoms with van der Waals surface area (Å²) in [5.41, 5.74) is 3.81. The summed E-state index contributed by atoms with van der Waals surface area (Å²) in [5, 5.41) is 0. The number of aryl methyl sites for hydroxylation is 1. The number of thiophene rings is 1. The molecule has 0 bridgehead atoms. The summed E-state index contributed by atoms with van der Waals surface area (Å²) in [4.78, 5) is 11.9. The van der Waals surface area contributed by atoms with E-state index in [1.807, 2.05) is 0 Å². The highest BCUT2D eigenvalue weighted by Gasteiger charge is 2.32. The maximum atomic E-state index is 12.1. The van der Waals surface area contributed by atoms with E-state index in [2.05, 4.69) is 20.7 Å². The van der Waals surface area contributed by atoms with Gasteiger partial charge in [-0.2, -0.15) is 4.72 Å². The van der Waals surface area contributed by atoms with E-state index in [-0.39, 0.29) is 4.90 Å². The van der Waals surface area contributed by atoms with Gasteiger partial charge in [0.05, 0.1) is 8.68 Å². The number of amides is 1. The molecule has 0 spiro atoms. The van der Waals surface area contributed by atoms with Crippen LogP contribution in [-0.2, 0) is 14.8 Å². The maximum absolute atomic E-state index is 12.1. The number of nitrogens with one attached hydrogen (secondary N) is 1. The molecule has 0 unspecified atom stereocenters. The molecule has 0 fully saturated rings. The van der Waals surface area contributed by atoms with Crippen molar-refractivity contribution in [3.63, 3.8) is 0 Å². The monoisotopic (exact) mass is 340 g/mol. The minimum absolute atomic E-state index is 0.156. The van der Waals surface area contributed by atoms with E-state index in [0.717, 1.165) is 0 Å². The zero-order valence-electron chi connectivity index (χ0n) is 9.57. The topological polar surface area (TPSA) is 89.3 Å². The van der Waals surface area contributed by atoms with Gasteiger partial charge in [0, 0.05) is 4.88 Å². The third kappa shape index (κ3) is 3.27. The van der Waals surface area contributed by atoms with E-state index in [9.17, 15) is 13.2 Å². The van der Waals surface area contributed by atoms with Crippen molar-refractivity contribution in [1.82, 2.24) is 4.72 Å². The van der Waals surface area contributed by atoms with Gasteiger partial charge >= 0.3 is 0 Å². The van der Waals surface area contributed by atoms with Crippen molar-refractivity contribution < 1.29 is 13.2 Å². The van der Waals surface area contributed by atoms with E-state index < -0.39 is 21.5 Å². The molecule has 5 nitrogen and oxygen atoms in total. The molecule has 1 heterocycles. The maximum Gasteiger partial charge on any atom is 0.242 e. The van der Waals surface area contributed by atoms with Gasteiger partial charge in [0.2, 0.25) is 15.9 Å². The summed E-state index contributed by atoms with van der Waals surface area (Å²) in [6.07, 6.45) is 0. The van der Waals surface area contributed by atoms with Crippen molar-refractivity contribution in [2.24, 2.45) is 5.73 Å². The van der Waals surface area contributed by atoms with Gasteiger partial charge in [0.25, 0.3) is 0 Å². The Morgan fingerprint density at radius 3 is 2.41 bits per heavy atom. The van der Waals surface area contributed by atoms with E-state index in [0.29, 0.717) is 8.66 Å². The summed E-state index contributed by atoms with van der Waals surface area (Å²) < 4.78 is 27.1. The number of carbonyl (C=O) groups is 1. The van der Waals surface area contributed by atoms with E-state index in [1.54, 1.807) is 6.92 Å². The van der Waals surface area contributed by atoms with E-state index >= 15 is 0 Å². The highest BCUT2D eigenvalue weighted by atomic mass is 79.9. The molecule has 0 aliphatic rings. The molecule has 0 aliphatic heterocycles. The highest BCUT2D eigenvalue weighted by molar-refractivity contribution is 9.11. The number of nitrogens with two attached hydrogens (primary N) is 1. The lowest BCUT2D eigenvalue weighted by Crippen LogP contribution is -2.52. The molecule has 0 atom stereocenters. The van der Waals surface area contributed by atoms with Crippen molar-refractivity contribution in [3.8, 4) is 0 Å². The standard InChI is InChI=1S/C9H13BrN2O3S2/c1-5-6(4-7(10)16-5)17(14,15)12-9(2,3)8(11)13/h4,12H,1-3H3,(H2,11,13). The van der Waals surface area contributed by atoms with Crippen LogP contribution in [0, 0.1) is 6.92 Å². The van der Waals surface area contributed by atoms with Gasteiger partial charge in [-0.3, -0.25) is 4.79 Å². The van der Waals surface area contributed by atoms with E-state index in [4.69, 9.17) is 5.73 Å². The number of hydrogen-bond donors (Lipinski definition) is 2. The summed E-state index contributed by atoms with van der Waals surface area (Å²) in [5.74, 6) is -0.729. The van der Waals surface area contributed by atoms with Gasteiger partial charge in [0.15, 0.2) is 0 Å². The summed E-state index contributed by atoms with van der Waals surface area (Å²) in [6.45, 7) is 4.54. The quantitative estimate of drug-likeness (QED) is 0.867. The largest absolute Gasteiger partial charge is 0.368 e. The molecule has 0 aliphatic carbocycles. The van der Waals surface area contributed by atoms with Crippen LogP contribution in [0.3, 0.4) is 0 Å². The predicted octanol–water partition coefficient (Wildman–Crippen LogP) is 1.36. The lowest BCUT2D eigenvalue weighted by atomic mass is 10.1. The number of hydrogen-bond acceptors (Lipinski definition) is 4. The van der Waals surface area contributed by atoms with Crippen LogP contribution in [0.2, 0.25) is 0 Å². The Morgan fingerprint density at radius 2 is 2.06 bits per heavy atom. The molecule has 96 valence electrons. The first-order valence-electron chi connectivity index (χ1n) is 4.66. The van der Waals surface area contributed by atoms with Crippen LogP contribution < -0.4 is 10.5 Å². The number of sulfonamides is 1. The second-order valence-electron chi connectivity index (χ2n) is 4.07. The lowest BCUT2D eigenvalue weighted by molar-refractivity contribution is -0.122. The van der Waals surface area contributed by atoms with Crippen LogP contribution in [0.25, 0.3) is 0 Å². The molecule has 3 N–H and O–H groups in total. The van der Waals surface area contributed by atoms with Gasteiger partial charge in [-0.15, -0.1) is 11.3 Å². The molecular formula is C9H13BrN2O3S2. The minimum atomic E-state index is -3.74. The molecular weight excluding hydrogens is 328 g/mol. The normalized spacial score (nSPS) is 12.7. The highest BCUT2D eigenvalue weighted by Crippen LogP contribution is 2.30. The molecule has 17 heavy (non-hydrogen) atoms. The molecule has 0 aromatic carbocycles. The van der Waals surface area contributed by atoms with Gasteiger partial charge in [-0.05, 0) is 42.8 Å². The summed E-state index contributed by atoms with van der Waals surface area (Å²) >= 11 is 4.53. The van der Waals surface area contributed by atoms with Crippen molar-refractivity contribution in [1.29, 1.82) is 0 Å². The van der Waals surface area contributed by atoms with Crippen LogP contribution in [0.4, 0.5) is 0 Å². The molecule has 1 amide bonds. The van der Waals surface area contributed by atoms with Gasteiger partial charge in [-0.1, -0.05) is 0 Å². The SMILES string of the molecule is Cc1sc(Br)cc1S(=O)(=O)NC(C)(C)C(N)=O. The fraction of sp³-hybridized carbons (Fsp3) is 0.444. The Balaban J connectivity index is 3.14. The molecule has 0 saturated carbocycles. The van der Waals surface area contributed by atoms with Crippen LogP contribution in [0.5, 0.6) is 0 Å². The molecule has 1 aromatic heterocycles. The van der Waals surface area contributed by atoms with Gasteiger partial charge in [-0.25, -0.2) is 8.42 Å². The molecule has 0 radical (unpaired) electrons. The predicted molar refractivity (Wildman–Crippen MR) is 70.4 cm³/mol. The van der Waals surface area contributed by atoms with Crippen molar-refractivity contribution in [2.75, 3.05) is 0 Å². The number of carbonyl (C=O) groups excluding carboxylic acids is 1. The summed E-state index contributed by atoms with van der Waals surface area (Å²) in [6, 6.07) is 1.50. The second kappa shape index (κ2) is 4.68. The van der Waals surface area contributed by atoms with Crippen molar-refractivity contribution in [2.45, 2.75) is 31.2 Å². The first-order chi connectivity index (χ1) is 7.56. The average Bonchev–Trinajstić information content (AvgIpc) is 2.43. The molecule has 1 rings (SSSR count). The first-order valence-corrected chi connectivity index (χ1v) is 7.75. The number of rotatable bonds is 4. The van der Waals surface area contributed by atoms with Gasteiger partial charge < -0.3 is 5.73 Å². The van der Waals surface area contributed by atoms with Crippen molar-refractivity contribution in [3.05, 3.63) is 14.7 Å². The lowest BCUT2D eigenvalue weighted by Gasteiger charge is -2.21. The van der Waals surface area contributed by atoms with Crippen LogP contribution in [-0.4, -0.2) is 19.9 Å². The minimum Gasteiger partial charge on any atom is -0.368 e.